The van der Waals surface area contributed by atoms with Gasteiger partial charge in [-0.2, -0.15) is 0 Å². The first kappa shape index (κ1) is 13.4. The molecule has 3 rings (SSSR count). The van der Waals surface area contributed by atoms with Crippen molar-refractivity contribution in [2.75, 3.05) is 19.0 Å². The van der Waals surface area contributed by atoms with Crippen LogP contribution in [-0.4, -0.2) is 44.9 Å². The third-order valence-corrected chi connectivity index (χ3v) is 4.55. The number of aliphatic hydroxyl groups excluding tert-OH is 1. The highest BCUT2D eigenvalue weighted by atomic mass is 32.2. The molecule has 2 saturated carbocycles. The van der Waals surface area contributed by atoms with Crippen molar-refractivity contribution in [2.45, 2.75) is 55.8 Å². The number of rotatable bonds is 8. The van der Waals surface area contributed by atoms with E-state index in [-0.39, 0.29) is 0 Å². The normalized spacial score (nSPS) is 20.7. The molecule has 0 aromatic carbocycles. The van der Waals surface area contributed by atoms with E-state index in [2.05, 4.69) is 14.8 Å². The van der Waals surface area contributed by atoms with E-state index >= 15 is 0 Å². The van der Waals surface area contributed by atoms with Crippen molar-refractivity contribution in [3.05, 3.63) is 5.82 Å². The zero-order valence-corrected chi connectivity index (χ0v) is 12.1. The van der Waals surface area contributed by atoms with E-state index in [0.717, 1.165) is 5.16 Å². The smallest absolute Gasteiger partial charge is 0.191 e. The van der Waals surface area contributed by atoms with Gasteiger partial charge in [-0.3, -0.25) is 0 Å². The molecule has 2 aliphatic rings. The Kier molecular flexibility index (Phi) is 4.10. The monoisotopic (exact) mass is 283 g/mol. The van der Waals surface area contributed by atoms with E-state index in [1.54, 1.807) is 11.8 Å². The van der Waals surface area contributed by atoms with Crippen molar-refractivity contribution >= 4 is 11.8 Å². The van der Waals surface area contributed by atoms with E-state index in [9.17, 15) is 5.11 Å². The Hall–Kier alpha value is -0.590. The van der Waals surface area contributed by atoms with E-state index in [1.165, 1.54) is 31.5 Å². The van der Waals surface area contributed by atoms with Gasteiger partial charge in [0.2, 0.25) is 0 Å². The highest BCUT2D eigenvalue weighted by molar-refractivity contribution is 7.99. The summed E-state index contributed by atoms with van der Waals surface area (Å²) in [7, 11) is 0. The molecule has 2 aliphatic carbocycles. The van der Waals surface area contributed by atoms with Crippen LogP contribution in [0, 0.1) is 0 Å². The maximum Gasteiger partial charge on any atom is 0.191 e. The van der Waals surface area contributed by atoms with Gasteiger partial charge in [-0.15, -0.1) is 10.2 Å². The van der Waals surface area contributed by atoms with E-state index in [0.29, 0.717) is 30.9 Å². The summed E-state index contributed by atoms with van der Waals surface area (Å²) in [6.45, 7) is 2.98. The minimum Gasteiger partial charge on any atom is -0.390 e. The number of ether oxygens (including phenoxy) is 1. The Balaban J connectivity index is 1.60. The average Bonchev–Trinajstić information content (AvgIpc) is 3.32. The van der Waals surface area contributed by atoms with Crippen LogP contribution < -0.4 is 0 Å². The van der Waals surface area contributed by atoms with E-state index in [1.807, 2.05) is 6.92 Å². The maximum absolute atomic E-state index is 9.81. The van der Waals surface area contributed by atoms with Crippen LogP contribution in [0.15, 0.2) is 5.16 Å². The summed E-state index contributed by atoms with van der Waals surface area (Å²) < 4.78 is 7.54. The minimum absolute atomic E-state index is 0.399. The number of aliphatic hydroxyl groups is 1. The molecular weight excluding hydrogens is 262 g/mol. The first-order chi connectivity index (χ1) is 9.29. The molecule has 6 heteroatoms. The second-order valence-electron chi connectivity index (χ2n) is 5.34. The second kappa shape index (κ2) is 5.81. The molecule has 0 saturated heterocycles. The lowest BCUT2D eigenvalue weighted by Gasteiger charge is -2.11. The van der Waals surface area contributed by atoms with E-state index < -0.39 is 6.10 Å². The average molecular weight is 283 g/mol. The van der Waals surface area contributed by atoms with Gasteiger partial charge in [-0.25, -0.2) is 0 Å². The molecule has 1 aromatic heterocycles. The third-order valence-electron chi connectivity index (χ3n) is 3.46. The maximum atomic E-state index is 9.81. The lowest BCUT2D eigenvalue weighted by Crippen LogP contribution is -2.18. The zero-order valence-electron chi connectivity index (χ0n) is 11.3. The van der Waals surface area contributed by atoms with Crippen LogP contribution in [0.3, 0.4) is 0 Å². The first-order valence-corrected chi connectivity index (χ1v) is 8.11. The standard InChI is InChI=1S/C13H21N3O2S/c1-2-18-7-11(17)8-19-13-15-14-12(9-3-4-9)16(13)10-5-6-10/h9-11,17H,2-8H2,1H3. The SMILES string of the molecule is CCOCC(O)CSc1nnc(C2CC2)n1C1CC1. The molecule has 2 fully saturated rings. The zero-order chi connectivity index (χ0) is 13.2. The molecule has 0 amide bonds. The largest absolute Gasteiger partial charge is 0.390 e. The van der Waals surface area contributed by atoms with Crippen molar-refractivity contribution in [3.8, 4) is 0 Å². The van der Waals surface area contributed by atoms with Crippen LogP contribution in [0.2, 0.25) is 0 Å². The summed E-state index contributed by atoms with van der Waals surface area (Å²) in [5, 5.41) is 19.5. The van der Waals surface area contributed by atoms with Gasteiger partial charge in [-0.05, 0) is 32.6 Å². The van der Waals surface area contributed by atoms with Crippen LogP contribution in [0.1, 0.15) is 50.4 Å². The predicted molar refractivity (Wildman–Crippen MR) is 73.5 cm³/mol. The fourth-order valence-electron chi connectivity index (χ4n) is 2.16. The quantitative estimate of drug-likeness (QED) is 0.739. The predicted octanol–water partition coefficient (Wildman–Crippen LogP) is 1.98. The van der Waals surface area contributed by atoms with Gasteiger partial charge >= 0.3 is 0 Å². The summed E-state index contributed by atoms with van der Waals surface area (Å²) in [4.78, 5) is 0. The van der Waals surface area contributed by atoms with Crippen LogP contribution in [0.4, 0.5) is 0 Å². The fourth-order valence-corrected chi connectivity index (χ4v) is 3.07. The van der Waals surface area contributed by atoms with E-state index in [4.69, 9.17) is 4.74 Å². The number of aromatic nitrogens is 3. The van der Waals surface area contributed by atoms with Crippen LogP contribution in [0.5, 0.6) is 0 Å². The van der Waals surface area contributed by atoms with Crippen molar-refractivity contribution in [1.82, 2.24) is 14.8 Å². The van der Waals surface area contributed by atoms with Gasteiger partial charge in [-0.1, -0.05) is 11.8 Å². The van der Waals surface area contributed by atoms with Crippen molar-refractivity contribution < 1.29 is 9.84 Å². The Bertz CT molecular complexity index is 430. The van der Waals surface area contributed by atoms with Crippen LogP contribution in [-0.2, 0) is 4.74 Å². The van der Waals surface area contributed by atoms with Gasteiger partial charge < -0.3 is 14.4 Å². The molecule has 1 unspecified atom stereocenters. The third kappa shape index (κ3) is 3.30. The minimum atomic E-state index is -0.432. The molecule has 0 aliphatic heterocycles. The number of hydrogen-bond donors (Lipinski definition) is 1. The van der Waals surface area contributed by atoms with Gasteiger partial charge in [0.05, 0.1) is 12.7 Å². The Morgan fingerprint density at radius 3 is 2.79 bits per heavy atom. The van der Waals surface area contributed by atoms with Gasteiger partial charge in [0.15, 0.2) is 5.16 Å². The van der Waals surface area contributed by atoms with Crippen LogP contribution in [0.25, 0.3) is 0 Å². The molecule has 106 valence electrons. The summed E-state index contributed by atoms with van der Waals surface area (Å²) in [5.41, 5.74) is 0. The molecule has 5 nitrogen and oxygen atoms in total. The van der Waals surface area contributed by atoms with Crippen molar-refractivity contribution in [3.63, 3.8) is 0 Å². The first-order valence-electron chi connectivity index (χ1n) is 7.13. The number of thioether (sulfide) groups is 1. The topological polar surface area (TPSA) is 60.2 Å². The Morgan fingerprint density at radius 1 is 1.37 bits per heavy atom. The summed E-state index contributed by atoms with van der Waals surface area (Å²) in [6.07, 6.45) is 4.56. The molecular formula is C13H21N3O2S. The summed E-state index contributed by atoms with van der Waals surface area (Å²) >= 11 is 1.60. The summed E-state index contributed by atoms with van der Waals surface area (Å²) in [5.74, 6) is 2.43. The molecule has 1 heterocycles. The molecule has 19 heavy (non-hydrogen) atoms. The van der Waals surface area contributed by atoms with Gasteiger partial charge in [0.25, 0.3) is 0 Å². The van der Waals surface area contributed by atoms with Gasteiger partial charge in [0, 0.05) is 24.3 Å². The molecule has 0 bridgehead atoms. The fraction of sp³-hybridized carbons (Fsp3) is 0.846. The summed E-state index contributed by atoms with van der Waals surface area (Å²) in [6, 6.07) is 0.608. The van der Waals surface area contributed by atoms with Crippen molar-refractivity contribution in [2.24, 2.45) is 0 Å². The molecule has 1 N–H and O–H groups in total. The van der Waals surface area contributed by atoms with Gasteiger partial charge in [0.1, 0.15) is 5.82 Å². The molecule has 0 radical (unpaired) electrons. The lowest BCUT2D eigenvalue weighted by molar-refractivity contribution is 0.0551. The molecule has 0 spiro atoms. The molecule has 1 atom stereocenters. The number of hydrogen-bond acceptors (Lipinski definition) is 5. The molecule has 1 aromatic rings. The number of nitrogens with zero attached hydrogens (tertiary/aromatic N) is 3. The van der Waals surface area contributed by atoms with Crippen molar-refractivity contribution in [1.29, 1.82) is 0 Å². The van der Waals surface area contributed by atoms with Crippen LogP contribution >= 0.6 is 11.8 Å². The highest BCUT2D eigenvalue weighted by Gasteiger charge is 2.36. The lowest BCUT2D eigenvalue weighted by atomic mass is 10.4. The highest BCUT2D eigenvalue weighted by Crippen LogP contribution is 2.45. The second-order valence-corrected chi connectivity index (χ2v) is 6.33. The Morgan fingerprint density at radius 2 is 2.16 bits per heavy atom. The Labute approximate surface area is 117 Å².